The molecule has 2 aromatic carbocycles. The summed E-state index contributed by atoms with van der Waals surface area (Å²) in [7, 11) is 0. The number of rotatable bonds is 7. The van der Waals surface area contributed by atoms with Crippen LogP contribution in [0.5, 0.6) is 0 Å². The van der Waals surface area contributed by atoms with Crippen LogP contribution in [0.15, 0.2) is 54.7 Å². The molecule has 0 bridgehead atoms. The molecule has 1 amide bonds. The molecule has 5 N–H and O–H groups in total. The van der Waals surface area contributed by atoms with E-state index in [4.69, 9.17) is 0 Å². The minimum atomic E-state index is -0.396. The summed E-state index contributed by atoms with van der Waals surface area (Å²) in [6.45, 7) is -0.140. The summed E-state index contributed by atoms with van der Waals surface area (Å²) in [4.78, 5) is 20.6. The Bertz CT molecular complexity index is 1260. The number of hydrogen-bond acceptors (Lipinski definition) is 9. The second-order valence-corrected chi connectivity index (χ2v) is 7.53. The first-order chi connectivity index (χ1) is 16.2. The van der Waals surface area contributed by atoms with Crippen molar-refractivity contribution < 1.29 is 9.90 Å². The Kier molecular flexibility index (Phi) is 5.60. The Morgan fingerprint density at radius 2 is 2.00 bits per heavy atom. The summed E-state index contributed by atoms with van der Waals surface area (Å²) >= 11 is 0. The summed E-state index contributed by atoms with van der Waals surface area (Å²) in [6.07, 6.45) is 2.74. The van der Waals surface area contributed by atoms with Gasteiger partial charge in [-0.25, -0.2) is 4.98 Å². The molecule has 0 aliphatic carbocycles. The van der Waals surface area contributed by atoms with Crippen LogP contribution in [-0.4, -0.2) is 48.2 Å². The van der Waals surface area contributed by atoms with E-state index in [0.717, 1.165) is 22.5 Å². The number of aromatic amines is 1. The summed E-state index contributed by atoms with van der Waals surface area (Å²) in [5.74, 6) is 1.16. The molecule has 3 heterocycles. The van der Waals surface area contributed by atoms with Gasteiger partial charge in [-0.2, -0.15) is 10.2 Å². The van der Waals surface area contributed by atoms with Gasteiger partial charge in [-0.15, -0.1) is 10.2 Å². The zero-order chi connectivity index (χ0) is 22.6. The van der Waals surface area contributed by atoms with Crippen LogP contribution in [0.4, 0.5) is 23.1 Å². The molecular weight excluding hydrogens is 422 g/mol. The van der Waals surface area contributed by atoms with Crippen molar-refractivity contribution in [2.45, 2.75) is 18.9 Å². The molecule has 0 radical (unpaired) electrons. The van der Waals surface area contributed by atoms with E-state index in [-0.39, 0.29) is 12.5 Å². The fourth-order valence-electron chi connectivity index (χ4n) is 3.67. The average molecular weight is 443 g/mol. The van der Waals surface area contributed by atoms with Crippen molar-refractivity contribution in [3.63, 3.8) is 0 Å². The number of amides is 1. The number of nitrogens with zero attached hydrogens (tertiary/aromatic N) is 5. The van der Waals surface area contributed by atoms with Gasteiger partial charge >= 0.3 is 0 Å². The van der Waals surface area contributed by atoms with E-state index in [1.165, 1.54) is 0 Å². The number of aromatic nitrogens is 6. The number of anilines is 4. The number of tetrazole rings is 1. The maximum atomic E-state index is 11.6. The van der Waals surface area contributed by atoms with Crippen LogP contribution in [-0.2, 0) is 11.2 Å². The molecule has 33 heavy (non-hydrogen) atoms. The van der Waals surface area contributed by atoms with Crippen molar-refractivity contribution in [1.82, 2.24) is 30.6 Å². The Morgan fingerprint density at radius 1 is 1.12 bits per heavy atom. The molecule has 2 aromatic heterocycles. The zero-order valence-electron chi connectivity index (χ0n) is 17.5. The monoisotopic (exact) mass is 443 g/mol. The van der Waals surface area contributed by atoms with Gasteiger partial charge in [0.15, 0.2) is 0 Å². The van der Waals surface area contributed by atoms with Gasteiger partial charge in [0.1, 0.15) is 5.82 Å². The normalized spacial score (nSPS) is 13.7. The van der Waals surface area contributed by atoms with E-state index >= 15 is 0 Å². The SMILES string of the molecule is O=C1CCc2cc(Nc3ncc(-c4nn[nH]n4)c(N[C@H](CO)c4ccccc4)n3)ccc2N1. The van der Waals surface area contributed by atoms with Gasteiger partial charge in [0.05, 0.1) is 18.2 Å². The van der Waals surface area contributed by atoms with Crippen LogP contribution in [0.25, 0.3) is 11.4 Å². The lowest BCUT2D eigenvalue weighted by atomic mass is 10.0. The van der Waals surface area contributed by atoms with Crippen LogP contribution in [0, 0.1) is 0 Å². The lowest BCUT2D eigenvalue weighted by molar-refractivity contribution is -0.116. The molecule has 1 atom stereocenters. The fraction of sp³-hybridized carbons (Fsp3) is 0.182. The van der Waals surface area contributed by atoms with E-state index in [1.54, 1.807) is 6.20 Å². The lowest BCUT2D eigenvalue weighted by Crippen LogP contribution is -2.19. The van der Waals surface area contributed by atoms with Crippen molar-refractivity contribution in [1.29, 1.82) is 0 Å². The molecule has 5 rings (SSSR count). The topological polar surface area (TPSA) is 154 Å². The van der Waals surface area contributed by atoms with Crippen LogP contribution in [0.2, 0.25) is 0 Å². The van der Waals surface area contributed by atoms with Gasteiger partial charge in [-0.05, 0) is 41.0 Å². The van der Waals surface area contributed by atoms with Crippen molar-refractivity contribution in [2.75, 3.05) is 22.6 Å². The second kappa shape index (κ2) is 9.01. The molecule has 4 aromatic rings. The molecule has 0 saturated carbocycles. The fourth-order valence-corrected chi connectivity index (χ4v) is 3.67. The number of aryl methyl sites for hydroxylation is 1. The van der Waals surface area contributed by atoms with Crippen LogP contribution >= 0.6 is 0 Å². The summed E-state index contributed by atoms with van der Waals surface area (Å²) in [5, 5.41) is 33.5. The van der Waals surface area contributed by atoms with Crippen LogP contribution in [0.3, 0.4) is 0 Å². The molecule has 0 fully saturated rings. The predicted molar refractivity (Wildman–Crippen MR) is 122 cm³/mol. The molecule has 11 nitrogen and oxygen atoms in total. The quantitative estimate of drug-likeness (QED) is 0.290. The van der Waals surface area contributed by atoms with Gasteiger partial charge in [-0.1, -0.05) is 30.3 Å². The minimum Gasteiger partial charge on any atom is -0.394 e. The number of H-pyrrole nitrogens is 1. The Balaban J connectivity index is 1.45. The number of carbonyl (C=O) groups excluding carboxylic acids is 1. The van der Waals surface area contributed by atoms with Gasteiger partial charge in [0.2, 0.25) is 17.7 Å². The number of carbonyl (C=O) groups is 1. The van der Waals surface area contributed by atoms with E-state index in [1.807, 2.05) is 48.5 Å². The number of benzene rings is 2. The number of fused-ring (bicyclic) bond motifs is 1. The standard InChI is InChI=1S/C22H21N9O2/c32-12-18(13-4-2-1-3-5-13)26-20-16(21-28-30-31-29-21)11-23-22(27-20)24-15-7-8-17-14(10-15)6-9-19(33)25-17/h1-5,7-8,10-11,18,32H,6,9,12H2,(H,25,33)(H2,23,24,26,27)(H,28,29,30,31)/t18-/m1/s1. The van der Waals surface area contributed by atoms with Gasteiger partial charge in [0.25, 0.3) is 0 Å². The van der Waals surface area contributed by atoms with Gasteiger partial charge in [-0.3, -0.25) is 4.79 Å². The van der Waals surface area contributed by atoms with Crippen molar-refractivity contribution >= 4 is 29.0 Å². The molecule has 11 heteroatoms. The van der Waals surface area contributed by atoms with Crippen molar-refractivity contribution in [3.8, 4) is 11.4 Å². The third-order valence-electron chi connectivity index (χ3n) is 5.33. The highest BCUT2D eigenvalue weighted by Gasteiger charge is 2.19. The molecule has 0 unspecified atom stereocenters. The number of nitrogens with one attached hydrogen (secondary N) is 4. The van der Waals surface area contributed by atoms with E-state index in [9.17, 15) is 9.90 Å². The smallest absolute Gasteiger partial charge is 0.229 e. The lowest BCUT2D eigenvalue weighted by Gasteiger charge is -2.20. The highest BCUT2D eigenvalue weighted by Crippen LogP contribution is 2.30. The van der Waals surface area contributed by atoms with E-state index in [2.05, 4.69) is 46.5 Å². The third-order valence-corrected chi connectivity index (χ3v) is 5.33. The maximum absolute atomic E-state index is 11.6. The Morgan fingerprint density at radius 3 is 2.79 bits per heavy atom. The van der Waals surface area contributed by atoms with Gasteiger partial charge in [0, 0.05) is 24.0 Å². The highest BCUT2D eigenvalue weighted by molar-refractivity contribution is 5.94. The first-order valence-electron chi connectivity index (χ1n) is 10.4. The predicted octanol–water partition coefficient (Wildman–Crippen LogP) is 2.43. The number of aliphatic hydroxyl groups is 1. The molecule has 166 valence electrons. The Hall–Kier alpha value is -4.38. The Labute approximate surface area is 188 Å². The first-order valence-corrected chi connectivity index (χ1v) is 10.4. The van der Waals surface area contributed by atoms with Gasteiger partial charge < -0.3 is 21.1 Å². The minimum absolute atomic E-state index is 0.0242. The van der Waals surface area contributed by atoms with Crippen LogP contribution < -0.4 is 16.0 Å². The summed E-state index contributed by atoms with van der Waals surface area (Å²) in [5.41, 5.74) is 4.11. The largest absolute Gasteiger partial charge is 0.394 e. The molecule has 0 spiro atoms. The molecule has 1 aliphatic heterocycles. The maximum Gasteiger partial charge on any atom is 0.229 e. The van der Waals surface area contributed by atoms with Crippen molar-refractivity contribution in [3.05, 3.63) is 65.9 Å². The molecular formula is C22H21N9O2. The summed E-state index contributed by atoms with van der Waals surface area (Å²) in [6, 6.07) is 14.9. The average Bonchev–Trinajstić information content (AvgIpc) is 3.38. The third kappa shape index (κ3) is 4.48. The number of hydrogen-bond donors (Lipinski definition) is 5. The van der Waals surface area contributed by atoms with E-state index in [0.29, 0.717) is 36.0 Å². The van der Waals surface area contributed by atoms with Crippen LogP contribution in [0.1, 0.15) is 23.6 Å². The zero-order valence-corrected chi connectivity index (χ0v) is 17.5. The molecule has 1 aliphatic rings. The summed E-state index contributed by atoms with van der Waals surface area (Å²) < 4.78 is 0. The highest BCUT2D eigenvalue weighted by atomic mass is 16.3. The van der Waals surface area contributed by atoms with Crippen molar-refractivity contribution in [2.24, 2.45) is 0 Å². The first kappa shape index (κ1) is 20.5. The molecule has 0 saturated heterocycles. The second-order valence-electron chi connectivity index (χ2n) is 7.53. The van der Waals surface area contributed by atoms with E-state index < -0.39 is 6.04 Å². The number of aliphatic hydroxyl groups excluding tert-OH is 1.